The Morgan fingerprint density at radius 3 is 3.00 bits per heavy atom. The minimum Gasteiger partial charge on any atom is -0.477 e. The smallest absolute Gasteiger partial charge is 0.234 e. The number of hydrogen-bond donors (Lipinski definition) is 1. The number of hydrogen-bond acceptors (Lipinski definition) is 6. The second-order valence-electron chi connectivity index (χ2n) is 4.61. The molecule has 1 aliphatic heterocycles. The van der Waals surface area contributed by atoms with Crippen LogP contribution in [0.2, 0.25) is 0 Å². The zero-order chi connectivity index (χ0) is 13.7. The summed E-state index contributed by atoms with van der Waals surface area (Å²) in [5.41, 5.74) is 5.87. The predicted molar refractivity (Wildman–Crippen MR) is 73.4 cm³/mol. The largest absolute Gasteiger partial charge is 0.477 e. The van der Waals surface area contributed by atoms with Gasteiger partial charge >= 0.3 is 0 Å². The highest BCUT2D eigenvalue weighted by Gasteiger charge is 2.28. The summed E-state index contributed by atoms with van der Waals surface area (Å²) in [7, 11) is 1.75. The normalized spacial score (nSPS) is 23.4. The molecule has 1 aromatic rings. The van der Waals surface area contributed by atoms with E-state index >= 15 is 0 Å². The molecule has 2 rings (SSSR count). The van der Waals surface area contributed by atoms with Gasteiger partial charge in [0, 0.05) is 26.2 Å². The van der Waals surface area contributed by atoms with Gasteiger partial charge in [-0.05, 0) is 19.8 Å². The van der Waals surface area contributed by atoms with Gasteiger partial charge in [-0.15, -0.1) is 0 Å². The Morgan fingerprint density at radius 1 is 1.47 bits per heavy atom. The van der Waals surface area contributed by atoms with E-state index in [0.717, 1.165) is 25.2 Å². The average Bonchev–Trinajstić information content (AvgIpc) is 2.47. The summed E-state index contributed by atoms with van der Waals surface area (Å²) in [4.78, 5) is 10.9. The van der Waals surface area contributed by atoms with Gasteiger partial charge in [0.1, 0.15) is 0 Å². The molecule has 1 aromatic heterocycles. The maximum Gasteiger partial charge on any atom is 0.234 e. The van der Waals surface area contributed by atoms with E-state index in [0.29, 0.717) is 19.0 Å². The summed E-state index contributed by atoms with van der Waals surface area (Å²) in [6, 6.07) is 0.241. The molecule has 0 aliphatic carbocycles. The van der Waals surface area contributed by atoms with Crippen molar-refractivity contribution in [2.75, 3.05) is 31.7 Å². The molecule has 0 saturated carbocycles. The summed E-state index contributed by atoms with van der Waals surface area (Å²) in [5, 5.41) is 0. The minimum atomic E-state index is 0.241. The van der Waals surface area contributed by atoms with Crippen LogP contribution in [0.15, 0.2) is 12.4 Å². The number of rotatable bonds is 5. The number of anilines is 1. The number of nitrogens with two attached hydrogens (primary N) is 1. The van der Waals surface area contributed by atoms with Crippen molar-refractivity contribution in [1.82, 2.24) is 9.97 Å². The summed E-state index contributed by atoms with van der Waals surface area (Å²) >= 11 is 0. The van der Waals surface area contributed by atoms with Crippen LogP contribution in [0.1, 0.15) is 19.8 Å². The van der Waals surface area contributed by atoms with Crippen LogP contribution in [-0.2, 0) is 4.74 Å². The fraction of sp³-hybridized carbons (Fsp3) is 0.692. The van der Waals surface area contributed by atoms with E-state index in [-0.39, 0.29) is 12.1 Å². The highest BCUT2D eigenvalue weighted by atomic mass is 16.5. The first kappa shape index (κ1) is 14.0. The van der Waals surface area contributed by atoms with Gasteiger partial charge in [-0.1, -0.05) is 0 Å². The monoisotopic (exact) mass is 266 g/mol. The molecule has 1 saturated heterocycles. The third-order valence-corrected chi connectivity index (χ3v) is 3.46. The lowest BCUT2D eigenvalue weighted by Crippen LogP contribution is -2.49. The first-order valence-corrected chi connectivity index (χ1v) is 6.72. The lowest BCUT2D eigenvalue weighted by Gasteiger charge is -2.39. The Hall–Kier alpha value is -1.40. The number of nitrogens with zero attached hydrogens (tertiary/aromatic N) is 3. The molecular formula is C13H22N4O2. The van der Waals surface area contributed by atoms with Crippen LogP contribution >= 0.6 is 0 Å². The van der Waals surface area contributed by atoms with Crippen molar-refractivity contribution in [3.05, 3.63) is 12.4 Å². The first-order valence-electron chi connectivity index (χ1n) is 6.72. The molecule has 0 radical (unpaired) electrons. The average molecular weight is 266 g/mol. The molecule has 19 heavy (non-hydrogen) atoms. The fourth-order valence-corrected chi connectivity index (χ4v) is 2.45. The molecule has 2 atom stereocenters. The zero-order valence-electron chi connectivity index (χ0n) is 11.6. The highest BCUT2D eigenvalue weighted by Crippen LogP contribution is 2.25. The van der Waals surface area contributed by atoms with Crippen molar-refractivity contribution in [3.8, 4) is 5.88 Å². The lowest BCUT2D eigenvalue weighted by atomic mass is 9.99. The van der Waals surface area contributed by atoms with E-state index in [1.54, 1.807) is 19.5 Å². The molecule has 2 heterocycles. The molecule has 2 N–H and O–H groups in total. The molecule has 2 unspecified atom stereocenters. The van der Waals surface area contributed by atoms with Gasteiger partial charge in [0.05, 0.1) is 25.1 Å². The molecular weight excluding hydrogens is 244 g/mol. The summed E-state index contributed by atoms with van der Waals surface area (Å²) in [6.45, 7) is 3.98. The van der Waals surface area contributed by atoms with Gasteiger partial charge < -0.3 is 20.1 Å². The molecule has 1 aliphatic rings. The Kier molecular flexibility index (Phi) is 4.93. The quantitative estimate of drug-likeness (QED) is 0.850. The minimum absolute atomic E-state index is 0.241. The second-order valence-corrected chi connectivity index (χ2v) is 4.61. The van der Waals surface area contributed by atoms with Crippen LogP contribution in [0.25, 0.3) is 0 Å². The maximum atomic E-state index is 5.87. The standard InChI is InChI=1S/C13H22N4O2/c1-3-19-13-9-15-8-12(16-13)17-5-4-11(18-2)6-10(17)7-14/h8-11H,3-7,14H2,1-2H3. The zero-order valence-corrected chi connectivity index (χ0v) is 11.6. The fourth-order valence-electron chi connectivity index (χ4n) is 2.45. The van der Waals surface area contributed by atoms with Crippen molar-refractivity contribution in [2.45, 2.75) is 31.9 Å². The number of methoxy groups -OCH3 is 1. The number of ether oxygens (including phenoxy) is 2. The van der Waals surface area contributed by atoms with Crippen LogP contribution in [0, 0.1) is 0 Å². The molecule has 0 bridgehead atoms. The Bertz CT molecular complexity index is 402. The van der Waals surface area contributed by atoms with Gasteiger partial charge in [-0.25, -0.2) is 0 Å². The number of aromatic nitrogens is 2. The maximum absolute atomic E-state index is 5.87. The van der Waals surface area contributed by atoms with Crippen molar-refractivity contribution in [1.29, 1.82) is 0 Å². The van der Waals surface area contributed by atoms with E-state index in [1.807, 2.05) is 6.92 Å². The van der Waals surface area contributed by atoms with E-state index < -0.39 is 0 Å². The van der Waals surface area contributed by atoms with E-state index in [4.69, 9.17) is 15.2 Å². The van der Waals surface area contributed by atoms with Crippen LogP contribution < -0.4 is 15.4 Å². The molecule has 1 fully saturated rings. The summed E-state index contributed by atoms with van der Waals surface area (Å²) in [6.07, 6.45) is 5.58. The molecule has 0 amide bonds. The van der Waals surface area contributed by atoms with Crippen molar-refractivity contribution in [3.63, 3.8) is 0 Å². The number of piperidine rings is 1. The van der Waals surface area contributed by atoms with Gasteiger partial charge in [0.2, 0.25) is 5.88 Å². The Balaban J connectivity index is 2.13. The van der Waals surface area contributed by atoms with Gasteiger partial charge in [0.15, 0.2) is 5.82 Å². The van der Waals surface area contributed by atoms with Crippen LogP contribution in [0.5, 0.6) is 5.88 Å². The molecule has 6 heteroatoms. The third-order valence-electron chi connectivity index (χ3n) is 3.46. The molecule has 0 spiro atoms. The molecule has 6 nitrogen and oxygen atoms in total. The van der Waals surface area contributed by atoms with E-state index in [2.05, 4.69) is 14.9 Å². The topological polar surface area (TPSA) is 73.5 Å². The second kappa shape index (κ2) is 6.68. The lowest BCUT2D eigenvalue weighted by molar-refractivity contribution is 0.0707. The van der Waals surface area contributed by atoms with E-state index in [9.17, 15) is 0 Å². The first-order chi connectivity index (χ1) is 9.28. The summed E-state index contributed by atoms with van der Waals surface area (Å²) in [5.74, 6) is 1.39. The summed E-state index contributed by atoms with van der Waals surface area (Å²) < 4.78 is 10.8. The third kappa shape index (κ3) is 3.33. The van der Waals surface area contributed by atoms with Crippen LogP contribution in [0.3, 0.4) is 0 Å². The van der Waals surface area contributed by atoms with E-state index in [1.165, 1.54) is 0 Å². The van der Waals surface area contributed by atoms with Gasteiger partial charge in [-0.3, -0.25) is 4.98 Å². The predicted octanol–water partition coefficient (Wildman–Crippen LogP) is 0.818. The van der Waals surface area contributed by atoms with Gasteiger partial charge in [0.25, 0.3) is 0 Å². The molecule has 106 valence electrons. The van der Waals surface area contributed by atoms with Crippen LogP contribution in [0.4, 0.5) is 5.82 Å². The SMILES string of the molecule is CCOc1cncc(N2CCC(OC)CC2CN)n1. The van der Waals surface area contributed by atoms with Crippen molar-refractivity contribution in [2.24, 2.45) is 5.73 Å². The van der Waals surface area contributed by atoms with Crippen molar-refractivity contribution < 1.29 is 9.47 Å². The van der Waals surface area contributed by atoms with Crippen LogP contribution in [-0.4, -0.2) is 48.9 Å². The Morgan fingerprint density at radius 2 is 2.32 bits per heavy atom. The van der Waals surface area contributed by atoms with Crippen molar-refractivity contribution >= 4 is 5.82 Å². The van der Waals surface area contributed by atoms with Gasteiger partial charge in [-0.2, -0.15) is 4.98 Å². The highest BCUT2D eigenvalue weighted by molar-refractivity contribution is 5.40. The molecule has 0 aromatic carbocycles. The Labute approximate surface area is 113 Å².